The van der Waals surface area contributed by atoms with Gasteiger partial charge < -0.3 is 23.7 Å². The molecule has 6 nitrogen and oxygen atoms in total. The lowest BCUT2D eigenvalue weighted by molar-refractivity contribution is -0.139. The Kier molecular flexibility index (Phi) is 7.32. The topological polar surface area (TPSA) is 63.2 Å². The van der Waals surface area contributed by atoms with Gasteiger partial charge in [-0.15, -0.1) is 0 Å². The predicted molar refractivity (Wildman–Crippen MR) is 127 cm³/mol. The number of halogens is 1. The van der Waals surface area contributed by atoms with Crippen LogP contribution in [0.15, 0.2) is 71.2 Å². The number of methoxy groups -OCH3 is 2. The second kappa shape index (κ2) is 10.6. The minimum atomic E-state index is -0.519. The minimum absolute atomic E-state index is 0.0572. The number of para-hydroxylation sites is 1. The van der Waals surface area contributed by atoms with Crippen LogP contribution < -0.4 is 14.2 Å². The number of ether oxygens (including phenoxy) is 5. The minimum Gasteiger partial charge on any atom is -0.493 e. The van der Waals surface area contributed by atoms with Gasteiger partial charge in [0, 0.05) is 32.8 Å². The van der Waals surface area contributed by atoms with Gasteiger partial charge in [-0.1, -0.05) is 58.4 Å². The molecule has 0 N–H and O–H groups in total. The van der Waals surface area contributed by atoms with Crippen LogP contribution in [0.1, 0.15) is 28.5 Å². The molecule has 1 aliphatic rings. The summed E-state index contributed by atoms with van der Waals surface area (Å²) in [4.78, 5) is 12.4. The average Bonchev–Trinajstić information content (AvgIpc) is 2.85. The zero-order valence-corrected chi connectivity index (χ0v) is 19.8. The SMILES string of the molecule is COc1cccc(/C=C/C(=O)OCc2cc(Br)cc3c2OC(c2ccccc2)OC3)c1OC. The first kappa shape index (κ1) is 22.9. The molecule has 0 bridgehead atoms. The summed E-state index contributed by atoms with van der Waals surface area (Å²) in [5, 5.41) is 0. The van der Waals surface area contributed by atoms with Crippen LogP contribution in [0.3, 0.4) is 0 Å². The highest BCUT2D eigenvalue weighted by Gasteiger charge is 2.25. The third kappa shape index (κ3) is 5.38. The molecule has 3 aromatic carbocycles. The molecule has 170 valence electrons. The maximum atomic E-state index is 12.4. The van der Waals surface area contributed by atoms with Crippen LogP contribution in [-0.2, 0) is 27.5 Å². The number of benzene rings is 3. The Hall–Kier alpha value is -3.29. The van der Waals surface area contributed by atoms with Crippen molar-refractivity contribution in [1.82, 2.24) is 0 Å². The molecule has 0 amide bonds. The molecular formula is C26H23BrO6. The molecule has 0 saturated heterocycles. The van der Waals surface area contributed by atoms with E-state index in [4.69, 9.17) is 23.7 Å². The predicted octanol–water partition coefficient (Wildman–Crippen LogP) is 5.83. The fourth-order valence-corrected chi connectivity index (χ4v) is 4.11. The van der Waals surface area contributed by atoms with Crippen LogP contribution in [0.25, 0.3) is 6.08 Å². The third-order valence-corrected chi connectivity index (χ3v) is 5.55. The van der Waals surface area contributed by atoms with E-state index < -0.39 is 12.3 Å². The molecule has 0 spiro atoms. The number of esters is 1. The van der Waals surface area contributed by atoms with Crippen molar-refractivity contribution in [1.29, 1.82) is 0 Å². The van der Waals surface area contributed by atoms with Gasteiger partial charge in [0.1, 0.15) is 12.4 Å². The van der Waals surface area contributed by atoms with Gasteiger partial charge in [-0.05, 0) is 24.3 Å². The van der Waals surface area contributed by atoms with Crippen LogP contribution in [0.4, 0.5) is 0 Å². The summed E-state index contributed by atoms with van der Waals surface area (Å²) in [5.74, 6) is 1.32. The van der Waals surface area contributed by atoms with Gasteiger partial charge >= 0.3 is 5.97 Å². The fraction of sp³-hybridized carbons (Fsp3) is 0.192. The van der Waals surface area contributed by atoms with E-state index in [1.807, 2.05) is 54.6 Å². The first-order chi connectivity index (χ1) is 16.1. The van der Waals surface area contributed by atoms with Crippen LogP contribution in [0, 0.1) is 0 Å². The lowest BCUT2D eigenvalue weighted by Gasteiger charge is -2.28. The molecule has 7 heteroatoms. The largest absolute Gasteiger partial charge is 0.493 e. The van der Waals surface area contributed by atoms with Crippen molar-refractivity contribution in [3.05, 3.63) is 93.5 Å². The van der Waals surface area contributed by atoms with Crippen molar-refractivity contribution in [2.45, 2.75) is 19.5 Å². The molecule has 3 aromatic rings. The highest BCUT2D eigenvalue weighted by atomic mass is 79.9. The third-order valence-electron chi connectivity index (χ3n) is 5.10. The molecule has 0 fully saturated rings. The van der Waals surface area contributed by atoms with E-state index in [1.165, 1.54) is 6.08 Å². The lowest BCUT2D eigenvalue weighted by Crippen LogP contribution is -2.19. The molecule has 4 rings (SSSR count). The van der Waals surface area contributed by atoms with Gasteiger partial charge in [-0.25, -0.2) is 4.79 Å². The summed E-state index contributed by atoms with van der Waals surface area (Å²) in [6, 6.07) is 19.0. The van der Waals surface area contributed by atoms with E-state index in [1.54, 1.807) is 26.4 Å². The van der Waals surface area contributed by atoms with Gasteiger partial charge in [0.2, 0.25) is 6.29 Å². The van der Waals surface area contributed by atoms with Crippen LogP contribution in [0.2, 0.25) is 0 Å². The van der Waals surface area contributed by atoms with Gasteiger partial charge in [-0.2, -0.15) is 0 Å². The van der Waals surface area contributed by atoms with E-state index in [2.05, 4.69) is 15.9 Å². The number of fused-ring (bicyclic) bond motifs is 1. The van der Waals surface area contributed by atoms with Crippen molar-refractivity contribution in [2.24, 2.45) is 0 Å². The Balaban J connectivity index is 1.48. The standard InChI is InChI=1S/C26H23BrO6/c1-29-22-10-6-9-17(25(22)30-2)11-12-23(28)31-15-19-13-21(27)14-20-16-32-26(33-24(19)20)18-7-4-3-5-8-18/h3-14,26H,15-16H2,1-2H3/b12-11+. The summed E-state index contributed by atoms with van der Waals surface area (Å²) in [6.07, 6.45) is 2.48. The normalized spacial score (nSPS) is 14.9. The molecule has 0 radical (unpaired) electrons. The molecule has 33 heavy (non-hydrogen) atoms. The second-order valence-electron chi connectivity index (χ2n) is 7.25. The summed E-state index contributed by atoms with van der Waals surface area (Å²) in [5.41, 5.74) is 3.27. The molecule has 0 saturated carbocycles. The summed E-state index contributed by atoms with van der Waals surface area (Å²) in [6.45, 7) is 0.451. The van der Waals surface area contributed by atoms with Crippen LogP contribution in [0.5, 0.6) is 17.2 Å². The quantitative estimate of drug-likeness (QED) is 0.294. The Bertz CT molecular complexity index is 1160. The number of carbonyl (C=O) groups excluding carboxylic acids is 1. The average molecular weight is 511 g/mol. The Labute approximate surface area is 200 Å². The zero-order valence-electron chi connectivity index (χ0n) is 18.2. The number of hydrogen-bond donors (Lipinski definition) is 0. The summed E-state index contributed by atoms with van der Waals surface area (Å²) in [7, 11) is 3.12. The van der Waals surface area contributed by atoms with Crippen molar-refractivity contribution in [3.8, 4) is 17.2 Å². The van der Waals surface area contributed by atoms with Crippen molar-refractivity contribution < 1.29 is 28.5 Å². The Morgan fingerprint density at radius 3 is 2.67 bits per heavy atom. The maximum Gasteiger partial charge on any atom is 0.331 e. The highest BCUT2D eigenvalue weighted by molar-refractivity contribution is 9.10. The van der Waals surface area contributed by atoms with Gasteiger partial charge in [0.15, 0.2) is 11.5 Å². The molecule has 0 aliphatic carbocycles. The lowest BCUT2D eigenvalue weighted by atomic mass is 10.1. The van der Waals surface area contributed by atoms with E-state index in [-0.39, 0.29) is 6.61 Å². The number of carbonyl (C=O) groups is 1. The maximum absolute atomic E-state index is 12.4. The van der Waals surface area contributed by atoms with E-state index in [0.717, 1.165) is 21.2 Å². The van der Waals surface area contributed by atoms with Crippen LogP contribution >= 0.6 is 15.9 Å². The molecule has 1 heterocycles. The highest BCUT2D eigenvalue weighted by Crippen LogP contribution is 2.38. The second-order valence-corrected chi connectivity index (χ2v) is 8.16. The first-order valence-corrected chi connectivity index (χ1v) is 11.1. The zero-order chi connectivity index (χ0) is 23.2. The van der Waals surface area contributed by atoms with Gasteiger partial charge in [0.05, 0.1) is 20.8 Å². The fourth-order valence-electron chi connectivity index (χ4n) is 3.56. The molecule has 1 unspecified atom stereocenters. The molecule has 0 aromatic heterocycles. The van der Waals surface area contributed by atoms with Crippen molar-refractivity contribution >= 4 is 28.0 Å². The van der Waals surface area contributed by atoms with E-state index in [9.17, 15) is 4.79 Å². The van der Waals surface area contributed by atoms with Gasteiger partial charge in [-0.3, -0.25) is 0 Å². The summed E-state index contributed by atoms with van der Waals surface area (Å²) >= 11 is 3.51. The number of hydrogen-bond acceptors (Lipinski definition) is 6. The first-order valence-electron chi connectivity index (χ1n) is 10.3. The Morgan fingerprint density at radius 1 is 1.09 bits per heavy atom. The molecule has 1 atom stereocenters. The Morgan fingerprint density at radius 2 is 1.91 bits per heavy atom. The van der Waals surface area contributed by atoms with Gasteiger partial charge in [0.25, 0.3) is 0 Å². The summed E-state index contributed by atoms with van der Waals surface area (Å²) < 4.78 is 29.0. The van der Waals surface area contributed by atoms with E-state index >= 15 is 0 Å². The number of rotatable bonds is 7. The van der Waals surface area contributed by atoms with E-state index in [0.29, 0.717) is 29.4 Å². The molecular weight excluding hydrogens is 488 g/mol. The smallest absolute Gasteiger partial charge is 0.331 e. The van der Waals surface area contributed by atoms with Crippen molar-refractivity contribution in [2.75, 3.05) is 14.2 Å². The molecule has 1 aliphatic heterocycles. The monoisotopic (exact) mass is 510 g/mol. The van der Waals surface area contributed by atoms with Crippen LogP contribution in [-0.4, -0.2) is 20.2 Å². The van der Waals surface area contributed by atoms with Crippen molar-refractivity contribution in [3.63, 3.8) is 0 Å².